The van der Waals surface area contributed by atoms with E-state index in [-0.39, 0.29) is 0 Å². The summed E-state index contributed by atoms with van der Waals surface area (Å²) in [5.74, 6) is 0. The number of rotatable bonds is 2. The number of hydrogen-bond acceptors (Lipinski definition) is 4. The van der Waals surface area contributed by atoms with Crippen LogP contribution in [0.25, 0.3) is 0 Å². The first-order valence-corrected chi connectivity index (χ1v) is 5.40. The Kier molecular flexibility index (Phi) is 2.78. The first kappa shape index (κ1) is 11.6. The molecule has 0 aromatic carbocycles. The summed E-state index contributed by atoms with van der Waals surface area (Å²) in [7, 11) is -4.42. The van der Waals surface area contributed by atoms with Crippen LogP contribution in [0, 0.1) is 10.1 Å². The van der Waals surface area contributed by atoms with Crippen LogP contribution >= 0.6 is 0 Å². The summed E-state index contributed by atoms with van der Waals surface area (Å²) in [4.78, 5) is 9.59. The predicted octanol–water partition coefficient (Wildman–Crippen LogP) is 0.919. The van der Waals surface area contributed by atoms with E-state index in [1.807, 2.05) is 0 Å². The summed E-state index contributed by atoms with van der Waals surface area (Å²) in [5.41, 5.74) is -1.63. The van der Waals surface area contributed by atoms with E-state index in [1.54, 1.807) is 0 Å². The summed E-state index contributed by atoms with van der Waals surface area (Å²) in [6, 6.07) is 0. The SMILES string of the molecule is CC1([N+](=O)[O-])C=CC=CC(S(=O)(=O)O)=C1. The highest BCUT2D eigenvalue weighted by Crippen LogP contribution is 2.21. The van der Waals surface area contributed by atoms with Crippen molar-refractivity contribution in [3.63, 3.8) is 0 Å². The zero-order chi connectivity index (χ0) is 11.7. The Labute approximate surface area is 86.5 Å². The first-order chi connectivity index (χ1) is 6.76. The van der Waals surface area contributed by atoms with Crippen molar-refractivity contribution in [1.29, 1.82) is 0 Å². The molecule has 0 radical (unpaired) electrons. The Morgan fingerprint density at radius 2 is 2.07 bits per heavy atom. The highest BCUT2D eigenvalue weighted by atomic mass is 32.2. The Morgan fingerprint density at radius 1 is 1.47 bits per heavy atom. The van der Waals surface area contributed by atoms with E-state index in [1.165, 1.54) is 25.2 Å². The molecule has 0 amide bonds. The van der Waals surface area contributed by atoms with Gasteiger partial charge >= 0.3 is 0 Å². The van der Waals surface area contributed by atoms with Crippen LogP contribution in [0.5, 0.6) is 0 Å². The number of nitrogens with zero attached hydrogens (tertiary/aromatic N) is 1. The largest absolute Gasteiger partial charge is 0.294 e. The maximum absolute atomic E-state index is 10.8. The molecule has 1 aliphatic rings. The minimum Gasteiger partial charge on any atom is -0.282 e. The van der Waals surface area contributed by atoms with Crippen molar-refractivity contribution in [3.05, 3.63) is 45.4 Å². The van der Waals surface area contributed by atoms with Crippen LogP contribution in [0.3, 0.4) is 0 Å². The molecule has 0 saturated heterocycles. The van der Waals surface area contributed by atoms with Crippen molar-refractivity contribution in [2.75, 3.05) is 0 Å². The third kappa shape index (κ3) is 2.51. The highest BCUT2D eigenvalue weighted by Gasteiger charge is 2.34. The van der Waals surface area contributed by atoms with E-state index in [9.17, 15) is 18.5 Å². The molecule has 1 atom stereocenters. The van der Waals surface area contributed by atoms with Gasteiger partial charge in [0.1, 0.15) is 0 Å². The monoisotopic (exact) mass is 231 g/mol. The van der Waals surface area contributed by atoms with Gasteiger partial charge in [-0.05, 0) is 12.2 Å². The zero-order valence-corrected chi connectivity index (χ0v) is 8.64. The second kappa shape index (κ2) is 3.59. The van der Waals surface area contributed by atoms with Crippen molar-refractivity contribution in [2.24, 2.45) is 0 Å². The zero-order valence-electron chi connectivity index (χ0n) is 7.82. The molecule has 0 saturated carbocycles. The van der Waals surface area contributed by atoms with Gasteiger partial charge in [0.15, 0.2) is 0 Å². The molecule has 0 fully saturated rings. The van der Waals surface area contributed by atoms with Crippen molar-refractivity contribution < 1.29 is 17.9 Å². The fraction of sp³-hybridized carbons (Fsp3) is 0.250. The summed E-state index contributed by atoms with van der Waals surface area (Å²) >= 11 is 0. The first-order valence-electron chi connectivity index (χ1n) is 3.96. The van der Waals surface area contributed by atoms with Gasteiger partial charge in [-0.2, -0.15) is 8.42 Å². The van der Waals surface area contributed by atoms with Crippen molar-refractivity contribution >= 4 is 10.1 Å². The molecule has 0 aromatic rings. The van der Waals surface area contributed by atoms with E-state index >= 15 is 0 Å². The maximum atomic E-state index is 10.8. The summed E-state index contributed by atoms with van der Waals surface area (Å²) in [5, 5.41) is 10.7. The fourth-order valence-electron chi connectivity index (χ4n) is 1.06. The summed E-state index contributed by atoms with van der Waals surface area (Å²) < 4.78 is 30.5. The van der Waals surface area contributed by atoms with Crippen LogP contribution in [-0.4, -0.2) is 23.4 Å². The van der Waals surface area contributed by atoms with Crippen LogP contribution in [-0.2, 0) is 10.1 Å². The van der Waals surface area contributed by atoms with E-state index in [0.29, 0.717) is 0 Å². The topological polar surface area (TPSA) is 97.5 Å². The molecule has 0 bridgehead atoms. The van der Waals surface area contributed by atoms with Crippen molar-refractivity contribution in [1.82, 2.24) is 0 Å². The van der Waals surface area contributed by atoms with Crippen molar-refractivity contribution in [2.45, 2.75) is 12.5 Å². The molecular weight excluding hydrogens is 222 g/mol. The van der Waals surface area contributed by atoms with Gasteiger partial charge in [0.05, 0.1) is 4.91 Å². The van der Waals surface area contributed by atoms with Gasteiger partial charge in [0, 0.05) is 17.9 Å². The molecule has 82 valence electrons. The lowest BCUT2D eigenvalue weighted by Crippen LogP contribution is -2.30. The second-order valence-corrected chi connectivity index (χ2v) is 4.64. The minimum absolute atomic E-state index is 0.480. The van der Waals surface area contributed by atoms with E-state index in [2.05, 4.69) is 0 Å². The summed E-state index contributed by atoms with van der Waals surface area (Å²) in [6.07, 6.45) is 5.90. The molecule has 7 heteroatoms. The molecular formula is C8H9NO5S. The molecule has 0 spiro atoms. The number of allylic oxidation sites excluding steroid dienone is 3. The van der Waals surface area contributed by atoms with Crippen LogP contribution in [0.1, 0.15) is 6.92 Å². The van der Waals surface area contributed by atoms with Crippen LogP contribution in [0.15, 0.2) is 35.3 Å². The Morgan fingerprint density at radius 3 is 2.53 bits per heavy atom. The lowest BCUT2D eigenvalue weighted by atomic mass is 10.0. The van der Waals surface area contributed by atoms with Crippen LogP contribution in [0.4, 0.5) is 0 Å². The quantitative estimate of drug-likeness (QED) is 0.433. The smallest absolute Gasteiger partial charge is 0.282 e. The lowest BCUT2D eigenvalue weighted by Gasteiger charge is -2.11. The number of nitro groups is 1. The normalized spacial score (nSPS) is 25.9. The second-order valence-electron chi connectivity index (χ2n) is 3.22. The van der Waals surface area contributed by atoms with Crippen molar-refractivity contribution in [3.8, 4) is 0 Å². The molecule has 1 aliphatic carbocycles. The molecule has 0 heterocycles. The maximum Gasteiger partial charge on any atom is 0.294 e. The molecule has 6 nitrogen and oxygen atoms in total. The van der Waals surface area contributed by atoms with E-state index in [0.717, 1.165) is 12.2 Å². The van der Waals surface area contributed by atoms with Gasteiger partial charge in [0.25, 0.3) is 15.7 Å². The molecule has 15 heavy (non-hydrogen) atoms. The predicted molar refractivity (Wildman–Crippen MR) is 53.3 cm³/mol. The Balaban J connectivity index is 3.33. The van der Waals surface area contributed by atoms with Crippen LogP contribution in [0.2, 0.25) is 0 Å². The van der Waals surface area contributed by atoms with Crippen LogP contribution < -0.4 is 0 Å². The lowest BCUT2D eigenvalue weighted by molar-refractivity contribution is -0.535. The molecule has 0 aromatic heterocycles. The third-order valence-corrected chi connectivity index (χ3v) is 2.78. The minimum atomic E-state index is -4.42. The molecule has 0 aliphatic heterocycles. The standard InChI is InChI=1S/C8H9NO5S/c1-8(9(10)11)5-3-2-4-7(6-8)15(12,13)14/h2-6H,1H3,(H,12,13,14). The van der Waals surface area contributed by atoms with E-state index < -0.39 is 25.5 Å². The third-order valence-electron chi connectivity index (χ3n) is 1.93. The average Bonchev–Trinajstić information content (AvgIpc) is 2.27. The van der Waals surface area contributed by atoms with Gasteiger partial charge in [-0.25, -0.2) is 0 Å². The molecule has 1 unspecified atom stereocenters. The summed E-state index contributed by atoms with van der Waals surface area (Å²) in [6.45, 7) is 1.24. The van der Waals surface area contributed by atoms with Gasteiger partial charge in [-0.1, -0.05) is 12.2 Å². The van der Waals surface area contributed by atoms with E-state index in [4.69, 9.17) is 4.55 Å². The molecule has 1 N–H and O–H groups in total. The average molecular weight is 231 g/mol. The Bertz CT molecular complexity index is 473. The number of hydrogen-bond donors (Lipinski definition) is 1. The fourth-order valence-corrected chi connectivity index (χ4v) is 1.70. The van der Waals surface area contributed by atoms with Gasteiger partial charge in [-0.15, -0.1) is 0 Å². The Hall–Kier alpha value is -1.47. The van der Waals surface area contributed by atoms with Gasteiger partial charge in [0.2, 0.25) is 0 Å². The molecule has 1 rings (SSSR count). The highest BCUT2D eigenvalue weighted by molar-refractivity contribution is 7.90. The van der Waals surface area contributed by atoms with Gasteiger partial charge in [-0.3, -0.25) is 14.7 Å². The van der Waals surface area contributed by atoms with Gasteiger partial charge < -0.3 is 0 Å².